The van der Waals surface area contributed by atoms with Crippen LogP contribution >= 0.6 is 22.9 Å². The van der Waals surface area contributed by atoms with E-state index in [1.165, 1.54) is 11.3 Å². The van der Waals surface area contributed by atoms with E-state index in [1.807, 2.05) is 12.3 Å². The molecule has 1 saturated heterocycles. The number of aryl methyl sites for hydroxylation is 1. The van der Waals surface area contributed by atoms with Crippen molar-refractivity contribution in [3.05, 3.63) is 20.8 Å². The molecule has 0 radical (unpaired) electrons. The lowest BCUT2D eigenvalue weighted by Gasteiger charge is -2.46. The number of thiophene rings is 1. The zero-order valence-electron chi connectivity index (χ0n) is 9.57. The molecule has 17 heavy (non-hydrogen) atoms. The van der Waals surface area contributed by atoms with Gasteiger partial charge in [0.1, 0.15) is 10.5 Å². The van der Waals surface area contributed by atoms with Crippen LogP contribution in [0.2, 0.25) is 5.02 Å². The Labute approximate surface area is 109 Å². The van der Waals surface area contributed by atoms with Crippen molar-refractivity contribution in [1.29, 1.82) is 0 Å². The van der Waals surface area contributed by atoms with Crippen molar-refractivity contribution in [2.24, 2.45) is 5.92 Å². The average Bonchev–Trinajstić information content (AvgIpc) is 3.03. The molecule has 1 amide bonds. The number of hydrogen-bond acceptors (Lipinski definition) is 3. The fourth-order valence-electron chi connectivity index (χ4n) is 2.35. The number of rotatable bonds is 2. The van der Waals surface area contributed by atoms with Crippen molar-refractivity contribution in [3.8, 4) is 0 Å². The highest BCUT2D eigenvalue weighted by molar-refractivity contribution is 7.13. The van der Waals surface area contributed by atoms with Gasteiger partial charge in [0, 0.05) is 0 Å². The molecule has 2 fully saturated rings. The number of nitrogens with zero attached hydrogens (tertiary/aromatic N) is 1. The van der Waals surface area contributed by atoms with Crippen LogP contribution in [0.5, 0.6) is 0 Å². The minimum atomic E-state index is -0.617. The molecule has 0 bridgehead atoms. The Morgan fingerprint density at radius 2 is 2.24 bits per heavy atom. The van der Waals surface area contributed by atoms with Crippen LogP contribution in [-0.4, -0.2) is 34.6 Å². The number of carbonyl (C=O) groups excluding carboxylic acids is 1. The lowest BCUT2D eigenvalue weighted by Crippen LogP contribution is -2.64. The summed E-state index contributed by atoms with van der Waals surface area (Å²) >= 11 is 7.46. The third kappa shape index (κ3) is 1.79. The molecule has 1 aliphatic heterocycles. The summed E-state index contributed by atoms with van der Waals surface area (Å²) in [4.78, 5) is 14.4. The van der Waals surface area contributed by atoms with Gasteiger partial charge >= 0.3 is 0 Å². The first-order chi connectivity index (χ1) is 8.01. The fourth-order valence-corrected chi connectivity index (χ4v) is 3.60. The van der Waals surface area contributed by atoms with Crippen LogP contribution in [0.3, 0.4) is 0 Å². The van der Waals surface area contributed by atoms with Crippen LogP contribution in [0.25, 0.3) is 0 Å². The van der Waals surface area contributed by atoms with E-state index in [0.29, 0.717) is 28.9 Å². The van der Waals surface area contributed by atoms with Crippen LogP contribution in [-0.2, 0) is 0 Å². The second kappa shape index (κ2) is 3.70. The first kappa shape index (κ1) is 11.5. The van der Waals surface area contributed by atoms with Crippen molar-refractivity contribution >= 4 is 28.8 Å². The van der Waals surface area contributed by atoms with Gasteiger partial charge in [-0.05, 0) is 36.6 Å². The molecule has 1 aromatic rings. The Hall–Kier alpha value is -0.580. The Morgan fingerprint density at radius 1 is 1.59 bits per heavy atom. The summed E-state index contributed by atoms with van der Waals surface area (Å²) in [6, 6.07) is 0. The number of likely N-dealkylation sites (tertiary alicyclic amines) is 1. The Bertz CT molecular complexity index is 475. The zero-order chi connectivity index (χ0) is 12.2. The maximum Gasteiger partial charge on any atom is 0.265 e. The zero-order valence-corrected chi connectivity index (χ0v) is 11.1. The fraction of sp³-hybridized carbons (Fsp3) is 0.583. The standard InChI is InChI=1S/C12H14ClNO2S/c1-7-4-17-10(9(7)13)11(15)14-5-12(16,6-14)8-2-3-8/h4,8,16H,2-3,5-6H2,1H3. The average molecular weight is 272 g/mol. The summed E-state index contributed by atoms with van der Waals surface area (Å²) in [7, 11) is 0. The largest absolute Gasteiger partial charge is 0.386 e. The SMILES string of the molecule is Cc1csc(C(=O)N2CC(O)(C3CC3)C2)c1Cl. The summed E-state index contributed by atoms with van der Waals surface area (Å²) in [5, 5.41) is 12.6. The van der Waals surface area contributed by atoms with Gasteiger partial charge in [0.2, 0.25) is 0 Å². The molecule has 3 nitrogen and oxygen atoms in total. The van der Waals surface area contributed by atoms with Gasteiger partial charge in [-0.3, -0.25) is 4.79 Å². The van der Waals surface area contributed by atoms with Gasteiger partial charge in [0.15, 0.2) is 0 Å². The van der Waals surface area contributed by atoms with E-state index in [9.17, 15) is 9.90 Å². The second-order valence-electron chi connectivity index (χ2n) is 5.10. The number of halogens is 1. The lowest BCUT2D eigenvalue weighted by atomic mass is 9.88. The molecule has 1 aromatic heterocycles. The molecule has 3 rings (SSSR count). The minimum Gasteiger partial charge on any atom is -0.386 e. The van der Waals surface area contributed by atoms with Gasteiger partial charge in [-0.15, -0.1) is 11.3 Å². The maximum atomic E-state index is 12.1. The lowest BCUT2D eigenvalue weighted by molar-refractivity contribution is -0.0956. The van der Waals surface area contributed by atoms with E-state index in [1.54, 1.807) is 4.90 Å². The predicted octanol–water partition coefficient (Wildman–Crippen LogP) is 2.31. The molecule has 0 spiro atoms. The monoisotopic (exact) mass is 271 g/mol. The van der Waals surface area contributed by atoms with Crippen LogP contribution in [0, 0.1) is 12.8 Å². The number of amides is 1. The predicted molar refractivity (Wildman–Crippen MR) is 67.6 cm³/mol. The molecule has 0 unspecified atom stereocenters. The number of hydrogen-bond donors (Lipinski definition) is 1. The number of β-amino-alcohol motifs (C(OH)–C–C–N with tert-alkyl or cyclic N) is 1. The van der Waals surface area contributed by atoms with Crippen molar-refractivity contribution in [2.75, 3.05) is 13.1 Å². The van der Waals surface area contributed by atoms with E-state index < -0.39 is 5.60 Å². The molecule has 1 N–H and O–H groups in total. The van der Waals surface area contributed by atoms with Crippen molar-refractivity contribution in [2.45, 2.75) is 25.4 Å². The Morgan fingerprint density at radius 3 is 2.71 bits per heavy atom. The number of aliphatic hydroxyl groups is 1. The van der Waals surface area contributed by atoms with Crippen molar-refractivity contribution in [1.82, 2.24) is 4.90 Å². The Balaban J connectivity index is 1.71. The maximum absolute atomic E-state index is 12.1. The van der Waals surface area contributed by atoms with E-state index in [2.05, 4.69) is 0 Å². The molecule has 92 valence electrons. The first-order valence-corrected chi connectivity index (χ1v) is 7.02. The van der Waals surface area contributed by atoms with Gasteiger partial charge in [-0.2, -0.15) is 0 Å². The van der Waals surface area contributed by atoms with Crippen molar-refractivity contribution < 1.29 is 9.90 Å². The topological polar surface area (TPSA) is 40.5 Å². The van der Waals surface area contributed by atoms with E-state index in [-0.39, 0.29) is 5.91 Å². The summed E-state index contributed by atoms with van der Waals surface area (Å²) in [5.74, 6) is 0.366. The molecule has 2 aliphatic rings. The van der Waals surface area contributed by atoms with Gasteiger partial charge in [0.05, 0.1) is 18.1 Å². The molecular weight excluding hydrogens is 258 g/mol. The number of carbonyl (C=O) groups is 1. The summed E-state index contributed by atoms with van der Waals surface area (Å²) < 4.78 is 0. The van der Waals surface area contributed by atoms with Crippen LogP contribution in [0.15, 0.2) is 5.38 Å². The van der Waals surface area contributed by atoms with Gasteiger partial charge in [0.25, 0.3) is 5.91 Å². The third-order valence-corrected chi connectivity index (χ3v) is 5.33. The van der Waals surface area contributed by atoms with E-state index in [0.717, 1.165) is 18.4 Å². The quantitative estimate of drug-likeness (QED) is 0.897. The smallest absolute Gasteiger partial charge is 0.265 e. The Kier molecular flexibility index (Phi) is 2.51. The normalized spacial score (nSPS) is 22.4. The van der Waals surface area contributed by atoms with Gasteiger partial charge in [-0.1, -0.05) is 11.6 Å². The first-order valence-electron chi connectivity index (χ1n) is 5.76. The highest BCUT2D eigenvalue weighted by Gasteiger charge is 2.53. The summed E-state index contributed by atoms with van der Waals surface area (Å²) in [5.41, 5.74) is 0.326. The summed E-state index contributed by atoms with van der Waals surface area (Å²) in [6.07, 6.45) is 2.19. The molecule has 1 aliphatic carbocycles. The highest BCUT2D eigenvalue weighted by Crippen LogP contribution is 2.45. The van der Waals surface area contributed by atoms with Crippen LogP contribution < -0.4 is 0 Å². The minimum absolute atomic E-state index is 0.0431. The molecule has 0 aromatic carbocycles. The highest BCUT2D eigenvalue weighted by atomic mass is 35.5. The third-order valence-electron chi connectivity index (χ3n) is 3.65. The second-order valence-corrected chi connectivity index (χ2v) is 6.36. The van der Waals surface area contributed by atoms with Crippen LogP contribution in [0.4, 0.5) is 0 Å². The van der Waals surface area contributed by atoms with Crippen LogP contribution in [0.1, 0.15) is 28.1 Å². The van der Waals surface area contributed by atoms with E-state index in [4.69, 9.17) is 11.6 Å². The molecule has 2 heterocycles. The van der Waals surface area contributed by atoms with Gasteiger partial charge < -0.3 is 10.0 Å². The van der Waals surface area contributed by atoms with Gasteiger partial charge in [-0.25, -0.2) is 0 Å². The molecule has 0 atom stereocenters. The summed E-state index contributed by atoms with van der Waals surface area (Å²) in [6.45, 7) is 2.82. The molecule has 5 heteroatoms. The van der Waals surface area contributed by atoms with Crippen molar-refractivity contribution in [3.63, 3.8) is 0 Å². The van der Waals surface area contributed by atoms with E-state index >= 15 is 0 Å². The molecule has 1 saturated carbocycles. The molecular formula is C12H14ClNO2S.